The van der Waals surface area contributed by atoms with Gasteiger partial charge in [0.1, 0.15) is 0 Å². The third-order valence-corrected chi connectivity index (χ3v) is 4.15. The summed E-state index contributed by atoms with van der Waals surface area (Å²) in [6.45, 7) is 3.98. The molecule has 0 unspecified atom stereocenters. The number of pyridine rings is 1. The number of hydrogen-bond acceptors (Lipinski definition) is 3. The highest BCUT2D eigenvalue weighted by molar-refractivity contribution is 6.30. The summed E-state index contributed by atoms with van der Waals surface area (Å²) in [7, 11) is 1.79. The fraction of sp³-hybridized carbons (Fsp3) is 0.350. The minimum atomic E-state index is -0.000658. The zero-order valence-corrected chi connectivity index (χ0v) is 16.5. The SMILES string of the molecule is CCNC(=NCc1cccc(Cl)c1)NCC(=O)N(C)CCc1ccccn1. The van der Waals surface area contributed by atoms with Gasteiger partial charge < -0.3 is 15.5 Å². The molecule has 2 rings (SSSR count). The summed E-state index contributed by atoms with van der Waals surface area (Å²) in [6.07, 6.45) is 2.49. The molecule has 0 aliphatic heterocycles. The van der Waals surface area contributed by atoms with Crippen molar-refractivity contribution in [2.75, 3.05) is 26.7 Å². The van der Waals surface area contributed by atoms with Crippen molar-refractivity contribution in [3.05, 3.63) is 64.9 Å². The lowest BCUT2D eigenvalue weighted by atomic mass is 10.2. The number of nitrogens with one attached hydrogen (secondary N) is 2. The number of nitrogens with zero attached hydrogens (tertiary/aromatic N) is 3. The van der Waals surface area contributed by atoms with Crippen LogP contribution in [-0.4, -0.2) is 48.4 Å². The second kappa shape index (κ2) is 11.2. The van der Waals surface area contributed by atoms with Crippen LogP contribution in [0.25, 0.3) is 0 Å². The fourth-order valence-corrected chi connectivity index (χ4v) is 2.61. The van der Waals surface area contributed by atoms with Crippen LogP contribution in [0.3, 0.4) is 0 Å². The van der Waals surface area contributed by atoms with Gasteiger partial charge in [0.25, 0.3) is 0 Å². The summed E-state index contributed by atoms with van der Waals surface area (Å²) >= 11 is 6.00. The van der Waals surface area contributed by atoms with Crippen molar-refractivity contribution in [1.82, 2.24) is 20.5 Å². The van der Waals surface area contributed by atoms with Gasteiger partial charge in [-0.3, -0.25) is 9.78 Å². The van der Waals surface area contributed by atoms with Crippen molar-refractivity contribution in [1.29, 1.82) is 0 Å². The number of carbonyl (C=O) groups excluding carboxylic acids is 1. The van der Waals surface area contributed by atoms with Gasteiger partial charge in [-0.15, -0.1) is 0 Å². The molecule has 144 valence electrons. The van der Waals surface area contributed by atoms with Gasteiger partial charge in [0.2, 0.25) is 5.91 Å². The third kappa shape index (κ3) is 7.66. The Kier molecular flexibility index (Phi) is 8.58. The fourth-order valence-electron chi connectivity index (χ4n) is 2.39. The largest absolute Gasteiger partial charge is 0.357 e. The second-order valence-corrected chi connectivity index (χ2v) is 6.50. The summed E-state index contributed by atoms with van der Waals surface area (Å²) in [5.74, 6) is 0.600. The van der Waals surface area contributed by atoms with Gasteiger partial charge in [0.05, 0.1) is 13.1 Å². The number of guanidine groups is 1. The van der Waals surface area contributed by atoms with Gasteiger partial charge in [-0.05, 0) is 36.8 Å². The number of likely N-dealkylation sites (N-methyl/N-ethyl adjacent to an activating group) is 1. The standard InChI is InChI=1S/C20H26ClN5O/c1-3-22-20(24-14-16-7-6-8-17(21)13-16)25-15-19(27)26(2)12-10-18-9-4-5-11-23-18/h4-9,11,13H,3,10,12,14-15H2,1-2H3,(H2,22,24,25). The van der Waals surface area contributed by atoms with Crippen LogP contribution in [-0.2, 0) is 17.8 Å². The maximum Gasteiger partial charge on any atom is 0.241 e. The number of aromatic nitrogens is 1. The van der Waals surface area contributed by atoms with Crippen molar-refractivity contribution in [3.8, 4) is 0 Å². The zero-order valence-electron chi connectivity index (χ0n) is 15.8. The molecule has 1 amide bonds. The second-order valence-electron chi connectivity index (χ2n) is 6.07. The van der Waals surface area contributed by atoms with Gasteiger partial charge in [-0.25, -0.2) is 4.99 Å². The summed E-state index contributed by atoms with van der Waals surface area (Å²) in [6, 6.07) is 13.4. The van der Waals surface area contributed by atoms with Gasteiger partial charge in [-0.1, -0.05) is 29.8 Å². The first-order valence-corrected chi connectivity index (χ1v) is 9.36. The number of rotatable bonds is 8. The van der Waals surface area contributed by atoms with E-state index < -0.39 is 0 Å². The first-order valence-electron chi connectivity index (χ1n) is 8.99. The van der Waals surface area contributed by atoms with Crippen molar-refractivity contribution in [2.45, 2.75) is 19.9 Å². The molecule has 0 saturated heterocycles. The predicted octanol–water partition coefficient (Wildman–Crippen LogP) is 2.49. The van der Waals surface area contributed by atoms with Crippen LogP contribution in [0.4, 0.5) is 0 Å². The van der Waals surface area contributed by atoms with Crippen LogP contribution in [0.5, 0.6) is 0 Å². The number of amides is 1. The smallest absolute Gasteiger partial charge is 0.241 e. The first-order chi connectivity index (χ1) is 13.1. The molecular formula is C20H26ClN5O. The number of halogens is 1. The molecule has 2 N–H and O–H groups in total. The molecule has 0 spiro atoms. The minimum Gasteiger partial charge on any atom is -0.357 e. The Morgan fingerprint density at radius 1 is 1.22 bits per heavy atom. The molecule has 0 saturated carbocycles. The Balaban J connectivity index is 1.82. The van der Waals surface area contributed by atoms with E-state index in [0.717, 1.165) is 17.7 Å². The topological polar surface area (TPSA) is 69.6 Å². The Bertz CT molecular complexity index is 751. The number of aliphatic imine (C=N–C) groups is 1. The summed E-state index contributed by atoms with van der Waals surface area (Å²) in [4.78, 5) is 22.8. The van der Waals surface area contributed by atoms with Crippen LogP contribution in [0, 0.1) is 0 Å². The van der Waals surface area contributed by atoms with Crippen LogP contribution in [0.1, 0.15) is 18.2 Å². The highest BCUT2D eigenvalue weighted by Gasteiger charge is 2.10. The number of carbonyl (C=O) groups is 1. The first kappa shape index (κ1) is 20.7. The van der Waals surface area contributed by atoms with E-state index in [1.165, 1.54) is 0 Å². The van der Waals surface area contributed by atoms with E-state index in [1.807, 2.05) is 49.4 Å². The Morgan fingerprint density at radius 2 is 2.07 bits per heavy atom. The molecule has 0 aliphatic carbocycles. The average Bonchev–Trinajstić information content (AvgIpc) is 2.68. The number of benzene rings is 1. The van der Waals surface area contributed by atoms with Gasteiger partial charge in [0, 0.05) is 43.5 Å². The lowest BCUT2D eigenvalue weighted by Gasteiger charge is -2.18. The van der Waals surface area contributed by atoms with Gasteiger partial charge in [-0.2, -0.15) is 0 Å². The Hall–Kier alpha value is -2.60. The van der Waals surface area contributed by atoms with Crippen molar-refractivity contribution in [2.24, 2.45) is 4.99 Å². The third-order valence-electron chi connectivity index (χ3n) is 3.92. The lowest BCUT2D eigenvalue weighted by Crippen LogP contribution is -2.44. The van der Waals surface area contributed by atoms with Crippen LogP contribution in [0.2, 0.25) is 5.02 Å². The highest BCUT2D eigenvalue weighted by Crippen LogP contribution is 2.11. The molecule has 2 aromatic rings. The van der Waals surface area contributed by atoms with Crippen molar-refractivity contribution in [3.63, 3.8) is 0 Å². The van der Waals surface area contributed by atoms with Crippen LogP contribution in [0.15, 0.2) is 53.7 Å². The van der Waals surface area contributed by atoms with Crippen LogP contribution >= 0.6 is 11.6 Å². The molecule has 0 atom stereocenters. The molecule has 27 heavy (non-hydrogen) atoms. The van der Waals surface area contributed by atoms with E-state index in [0.29, 0.717) is 30.6 Å². The molecule has 7 heteroatoms. The van der Waals surface area contributed by atoms with E-state index in [1.54, 1.807) is 18.1 Å². The van der Waals surface area contributed by atoms with E-state index in [-0.39, 0.29) is 12.5 Å². The maximum absolute atomic E-state index is 12.3. The van der Waals surface area contributed by atoms with E-state index in [4.69, 9.17) is 11.6 Å². The molecule has 0 radical (unpaired) electrons. The summed E-state index contributed by atoms with van der Waals surface area (Å²) in [5, 5.41) is 6.91. The van der Waals surface area contributed by atoms with E-state index >= 15 is 0 Å². The normalized spacial score (nSPS) is 11.1. The van der Waals surface area contributed by atoms with E-state index in [9.17, 15) is 4.79 Å². The quantitative estimate of drug-likeness (QED) is 0.539. The molecule has 1 heterocycles. The molecule has 0 bridgehead atoms. The molecule has 1 aromatic heterocycles. The zero-order chi connectivity index (χ0) is 19.5. The number of hydrogen-bond donors (Lipinski definition) is 2. The lowest BCUT2D eigenvalue weighted by molar-refractivity contribution is -0.128. The molecule has 6 nitrogen and oxygen atoms in total. The van der Waals surface area contributed by atoms with Gasteiger partial charge in [0.15, 0.2) is 5.96 Å². The summed E-state index contributed by atoms with van der Waals surface area (Å²) in [5.41, 5.74) is 1.99. The Labute approximate surface area is 165 Å². The Morgan fingerprint density at radius 3 is 2.78 bits per heavy atom. The predicted molar refractivity (Wildman–Crippen MR) is 110 cm³/mol. The minimum absolute atomic E-state index is 0.000658. The molecule has 0 aliphatic rings. The molecular weight excluding hydrogens is 362 g/mol. The van der Waals surface area contributed by atoms with Crippen molar-refractivity contribution >= 4 is 23.5 Å². The monoisotopic (exact) mass is 387 g/mol. The van der Waals surface area contributed by atoms with Crippen molar-refractivity contribution < 1.29 is 4.79 Å². The maximum atomic E-state index is 12.3. The van der Waals surface area contributed by atoms with E-state index in [2.05, 4.69) is 20.6 Å². The molecule has 1 aromatic carbocycles. The molecule has 0 fully saturated rings. The summed E-state index contributed by atoms with van der Waals surface area (Å²) < 4.78 is 0. The average molecular weight is 388 g/mol. The van der Waals surface area contributed by atoms with Crippen LogP contribution < -0.4 is 10.6 Å². The highest BCUT2D eigenvalue weighted by atomic mass is 35.5. The van der Waals surface area contributed by atoms with Gasteiger partial charge >= 0.3 is 0 Å².